The van der Waals surface area contributed by atoms with E-state index in [1.165, 1.54) is 0 Å². The average molecular weight is 122 g/mol. The molecule has 0 amide bonds. The monoisotopic (exact) mass is 122 g/mol. The van der Waals surface area contributed by atoms with Crippen LogP contribution in [0.4, 0.5) is 0 Å². The van der Waals surface area contributed by atoms with Gasteiger partial charge in [0.2, 0.25) is 0 Å². The van der Waals surface area contributed by atoms with Crippen molar-refractivity contribution in [3.63, 3.8) is 0 Å². The molecule has 0 atom stereocenters. The molecule has 0 bridgehead atoms. The van der Waals surface area contributed by atoms with Crippen molar-refractivity contribution in [2.45, 2.75) is 13.5 Å². The summed E-state index contributed by atoms with van der Waals surface area (Å²) in [5, 5.41) is 0. The first-order valence-electron chi connectivity index (χ1n) is 3.01. The third-order valence-corrected chi connectivity index (χ3v) is 1.23. The summed E-state index contributed by atoms with van der Waals surface area (Å²) in [6.07, 6.45) is 5.51. The van der Waals surface area contributed by atoms with Crippen molar-refractivity contribution in [3.8, 4) is 0 Å². The van der Waals surface area contributed by atoms with Crippen LogP contribution in [0.25, 0.3) is 6.08 Å². The quantitative estimate of drug-likeness (QED) is 0.582. The van der Waals surface area contributed by atoms with Crippen LogP contribution in [0.2, 0.25) is 0 Å². The molecule has 0 N–H and O–H groups in total. The number of aryl methyl sites for hydroxylation is 1. The first-order chi connectivity index (χ1) is 4.36. The molecule has 0 radical (unpaired) electrons. The van der Waals surface area contributed by atoms with Gasteiger partial charge in [-0.25, -0.2) is 4.98 Å². The molecule has 0 spiro atoms. The molecular weight excluding hydrogens is 112 g/mol. The Labute approximate surface area is 54.8 Å². The fourth-order valence-corrected chi connectivity index (χ4v) is 0.656. The second-order valence-corrected chi connectivity index (χ2v) is 1.83. The predicted molar refractivity (Wildman–Crippen MR) is 38.0 cm³/mol. The molecule has 1 heterocycles. The number of rotatable bonds is 2. The van der Waals surface area contributed by atoms with Crippen LogP contribution in [0, 0.1) is 0 Å². The lowest BCUT2D eigenvalue weighted by molar-refractivity contribution is 0.761. The van der Waals surface area contributed by atoms with Crippen LogP contribution in [0.5, 0.6) is 0 Å². The van der Waals surface area contributed by atoms with Gasteiger partial charge in [-0.2, -0.15) is 0 Å². The van der Waals surface area contributed by atoms with E-state index in [0.717, 1.165) is 12.2 Å². The third-order valence-electron chi connectivity index (χ3n) is 1.23. The average Bonchev–Trinajstić information content (AvgIpc) is 2.34. The summed E-state index contributed by atoms with van der Waals surface area (Å²) in [5.41, 5.74) is 0.942. The van der Waals surface area contributed by atoms with E-state index in [-0.39, 0.29) is 0 Å². The van der Waals surface area contributed by atoms with E-state index < -0.39 is 0 Å². The Morgan fingerprint density at radius 2 is 2.67 bits per heavy atom. The zero-order chi connectivity index (χ0) is 6.69. The third kappa shape index (κ3) is 1.19. The maximum Gasteiger partial charge on any atom is 0.0953 e. The lowest BCUT2D eigenvalue weighted by Gasteiger charge is -1.88. The van der Waals surface area contributed by atoms with Gasteiger partial charge in [-0.1, -0.05) is 6.58 Å². The number of hydrogen-bond donors (Lipinski definition) is 0. The Hall–Kier alpha value is -1.05. The fourth-order valence-electron chi connectivity index (χ4n) is 0.656. The molecule has 1 aromatic heterocycles. The van der Waals surface area contributed by atoms with E-state index in [1.54, 1.807) is 12.4 Å². The minimum Gasteiger partial charge on any atom is -0.337 e. The Kier molecular flexibility index (Phi) is 1.68. The molecule has 2 nitrogen and oxygen atoms in total. The van der Waals surface area contributed by atoms with E-state index in [9.17, 15) is 0 Å². The van der Waals surface area contributed by atoms with Gasteiger partial charge in [-0.05, 0) is 13.0 Å². The normalized spacial score (nSPS) is 9.44. The first kappa shape index (κ1) is 6.08. The van der Waals surface area contributed by atoms with Gasteiger partial charge in [0.1, 0.15) is 0 Å². The van der Waals surface area contributed by atoms with Crippen molar-refractivity contribution in [1.82, 2.24) is 9.55 Å². The molecule has 0 aliphatic heterocycles. The molecule has 1 rings (SSSR count). The van der Waals surface area contributed by atoms with Crippen molar-refractivity contribution in [3.05, 3.63) is 24.8 Å². The number of aromatic nitrogens is 2. The van der Waals surface area contributed by atoms with Crippen molar-refractivity contribution < 1.29 is 0 Å². The topological polar surface area (TPSA) is 17.8 Å². The molecule has 0 aliphatic rings. The molecule has 2 heteroatoms. The molecular formula is C7H10N2. The van der Waals surface area contributed by atoms with Crippen LogP contribution in [-0.2, 0) is 6.54 Å². The maximum atomic E-state index is 4.05. The molecule has 0 saturated heterocycles. The fraction of sp³-hybridized carbons (Fsp3) is 0.286. The van der Waals surface area contributed by atoms with E-state index in [2.05, 4.69) is 18.5 Å². The molecule has 0 unspecified atom stereocenters. The minimum atomic E-state index is 0.942. The van der Waals surface area contributed by atoms with Crippen LogP contribution < -0.4 is 0 Å². The van der Waals surface area contributed by atoms with Gasteiger partial charge in [0.25, 0.3) is 0 Å². The lowest BCUT2D eigenvalue weighted by Crippen LogP contribution is -1.86. The van der Waals surface area contributed by atoms with Gasteiger partial charge in [-0.15, -0.1) is 0 Å². The van der Waals surface area contributed by atoms with E-state index in [1.807, 2.05) is 10.8 Å². The summed E-state index contributed by atoms with van der Waals surface area (Å²) >= 11 is 0. The second kappa shape index (κ2) is 2.49. The van der Waals surface area contributed by atoms with Crippen LogP contribution in [-0.4, -0.2) is 9.55 Å². The molecule has 0 aromatic carbocycles. The standard InChI is InChI=1S/C7H10N2/c1-3-7-5-9(4-2)6-8-7/h3,5-6H,1,4H2,2H3. The van der Waals surface area contributed by atoms with Crippen molar-refractivity contribution in [1.29, 1.82) is 0 Å². The van der Waals surface area contributed by atoms with Crippen LogP contribution in [0.3, 0.4) is 0 Å². The summed E-state index contributed by atoms with van der Waals surface area (Å²) in [6, 6.07) is 0. The van der Waals surface area contributed by atoms with E-state index >= 15 is 0 Å². The Bertz CT molecular complexity index is 200. The van der Waals surface area contributed by atoms with Crippen molar-refractivity contribution in [2.24, 2.45) is 0 Å². The highest BCUT2D eigenvalue weighted by molar-refractivity contribution is 5.39. The Balaban J connectivity index is 2.86. The second-order valence-electron chi connectivity index (χ2n) is 1.83. The molecule has 0 fully saturated rings. The van der Waals surface area contributed by atoms with Crippen molar-refractivity contribution >= 4 is 6.08 Å². The maximum absolute atomic E-state index is 4.05. The molecule has 1 aromatic rings. The highest BCUT2D eigenvalue weighted by Gasteiger charge is 1.88. The number of hydrogen-bond acceptors (Lipinski definition) is 1. The molecule has 48 valence electrons. The summed E-state index contributed by atoms with van der Waals surface area (Å²) < 4.78 is 2.01. The van der Waals surface area contributed by atoms with Gasteiger partial charge in [0, 0.05) is 12.7 Å². The Morgan fingerprint density at radius 3 is 3.00 bits per heavy atom. The van der Waals surface area contributed by atoms with Gasteiger partial charge < -0.3 is 4.57 Å². The zero-order valence-corrected chi connectivity index (χ0v) is 5.54. The highest BCUT2D eigenvalue weighted by Crippen LogP contribution is 1.95. The van der Waals surface area contributed by atoms with Gasteiger partial charge >= 0.3 is 0 Å². The summed E-state index contributed by atoms with van der Waals surface area (Å²) in [6.45, 7) is 6.65. The zero-order valence-electron chi connectivity index (χ0n) is 5.54. The SMILES string of the molecule is C=Cc1cn(CC)cn1. The van der Waals surface area contributed by atoms with Gasteiger partial charge in [0.05, 0.1) is 12.0 Å². The van der Waals surface area contributed by atoms with Crippen LogP contribution in [0.15, 0.2) is 19.1 Å². The first-order valence-corrected chi connectivity index (χ1v) is 3.01. The van der Waals surface area contributed by atoms with E-state index in [4.69, 9.17) is 0 Å². The number of nitrogens with zero attached hydrogens (tertiary/aromatic N) is 2. The summed E-state index contributed by atoms with van der Waals surface area (Å²) in [4.78, 5) is 4.05. The molecule has 9 heavy (non-hydrogen) atoms. The van der Waals surface area contributed by atoms with Crippen LogP contribution in [0.1, 0.15) is 12.6 Å². The smallest absolute Gasteiger partial charge is 0.0953 e. The lowest BCUT2D eigenvalue weighted by atomic mass is 10.5. The van der Waals surface area contributed by atoms with Gasteiger partial charge in [-0.3, -0.25) is 0 Å². The Morgan fingerprint density at radius 1 is 1.89 bits per heavy atom. The number of imidazole rings is 1. The summed E-state index contributed by atoms with van der Waals surface area (Å²) in [7, 11) is 0. The highest BCUT2D eigenvalue weighted by atomic mass is 15.0. The van der Waals surface area contributed by atoms with Gasteiger partial charge in [0.15, 0.2) is 0 Å². The molecule has 0 saturated carbocycles. The summed E-state index contributed by atoms with van der Waals surface area (Å²) in [5.74, 6) is 0. The van der Waals surface area contributed by atoms with E-state index in [0.29, 0.717) is 0 Å². The minimum absolute atomic E-state index is 0.942. The van der Waals surface area contributed by atoms with Crippen molar-refractivity contribution in [2.75, 3.05) is 0 Å². The predicted octanol–water partition coefficient (Wildman–Crippen LogP) is 1.55. The largest absolute Gasteiger partial charge is 0.337 e. The van der Waals surface area contributed by atoms with Crippen LogP contribution >= 0.6 is 0 Å². The molecule has 0 aliphatic carbocycles.